The van der Waals surface area contributed by atoms with Crippen LogP contribution in [0.3, 0.4) is 0 Å². The largest absolute Gasteiger partial charge is 0.335 e. The van der Waals surface area contributed by atoms with E-state index in [0.717, 1.165) is 17.9 Å². The number of nitrogens with zero attached hydrogens (tertiary/aromatic N) is 1. The van der Waals surface area contributed by atoms with Crippen molar-refractivity contribution in [2.24, 2.45) is 0 Å². The Morgan fingerprint density at radius 2 is 2.32 bits per heavy atom. The van der Waals surface area contributed by atoms with Crippen LogP contribution in [0, 0.1) is 0 Å². The van der Waals surface area contributed by atoms with E-state index in [2.05, 4.69) is 21.0 Å². The molecule has 2 amide bonds. The number of hydrogen-bond acceptors (Lipinski definition) is 4. The van der Waals surface area contributed by atoms with Crippen LogP contribution in [-0.2, 0) is 6.54 Å². The molecular weight excluding hydrogens is 278 g/mol. The molecule has 1 saturated carbocycles. The van der Waals surface area contributed by atoms with Gasteiger partial charge in [-0.25, -0.2) is 9.78 Å². The lowest BCUT2D eigenvalue weighted by Crippen LogP contribution is -2.44. The van der Waals surface area contributed by atoms with Crippen LogP contribution >= 0.6 is 23.1 Å². The first-order valence-corrected chi connectivity index (χ1v) is 8.91. The molecule has 2 aliphatic rings. The first kappa shape index (κ1) is 13.2. The number of thioether (sulfide) groups is 1. The normalized spacial score (nSPS) is 23.1. The van der Waals surface area contributed by atoms with Crippen molar-refractivity contribution in [1.29, 1.82) is 0 Å². The molecule has 104 valence electrons. The van der Waals surface area contributed by atoms with Gasteiger partial charge in [0, 0.05) is 23.1 Å². The van der Waals surface area contributed by atoms with Crippen molar-refractivity contribution in [3.05, 3.63) is 16.1 Å². The molecule has 19 heavy (non-hydrogen) atoms. The van der Waals surface area contributed by atoms with E-state index in [-0.39, 0.29) is 6.03 Å². The summed E-state index contributed by atoms with van der Waals surface area (Å²) in [4.78, 5) is 16.3. The quantitative estimate of drug-likeness (QED) is 0.898. The van der Waals surface area contributed by atoms with E-state index in [4.69, 9.17) is 0 Å². The number of hydrogen-bond donors (Lipinski definition) is 2. The molecule has 1 atom stereocenters. The van der Waals surface area contributed by atoms with Gasteiger partial charge in [-0.05, 0) is 31.4 Å². The van der Waals surface area contributed by atoms with E-state index in [9.17, 15) is 4.79 Å². The summed E-state index contributed by atoms with van der Waals surface area (Å²) < 4.78 is 0. The van der Waals surface area contributed by atoms with Crippen LogP contribution in [0.2, 0.25) is 0 Å². The second kappa shape index (κ2) is 6.13. The molecule has 2 heterocycles. The maximum absolute atomic E-state index is 11.8. The monoisotopic (exact) mass is 297 g/mol. The van der Waals surface area contributed by atoms with Gasteiger partial charge in [-0.15, -0.1) is 11.3 Å². The van der Waals surface area contributed by atoms with Gasteiger partial charge in [-0.3, -0.25) is 0 Å². The molecule has 2 fully saturated rings. The van der Waals surface area contributed by atoms with Crippen LogP contribution in [0.5, 0.6) is 0 Å². The molecule has 1 unspecified atom stereocenters. The smallest absolute Gasteiger partial charge is 0.315 e. The van der Waals surface area contributed by atoms with Gasteiger partial charge in [0.2, 0.25) is 0 Å². The Bertz CT molecular complexity index is 439. The van der Waals surface area contributed by atoms with Gasteiger partial charge in [0.25, 0.3) is 0 Å². The predicted molar refractivity (Wildman–Crippen MR) is 79.8 cm³/mol. The Morgan fingerprint density at radius 1 is 1.42 bits per heavy atom. The van der Waals surface area contributed by atoms with Crippen LogP contribution in [0.25, 0.3) is 0 Å². The molecule has 1 aromatic heterocycles. The first-order chi connectivity index (χ1) is 9.31. The Morgan fingerprint density at radius 3 is 3.05 bits per heavy atom. The predicted octanol–water partition coefficient (Wildman–Crippen LogP) is 2.72. The summed E-state index contributed by atoms with van der Waals surface area (Å²) in [6.45, 7) is 0.537. The maximum Gasteiger partial charge on any atom is 0.315 e. The minimum absolute atomic E-state index is 0.0616. The number of urea groups is 1. The average molecular weight is 297 g/mol. The second-order valence-corrected chi connectivity index (χ2v) is 7.23. The summed E-state index contributed by atoms with van der Waals surface area (Å²) in [5, 5.41) is 9.24. The minimum Gasteiger partial charge on any atom is -0.335 e. The lowest BCUT2D eigenvalue weighted by Gasteiger charge is -2.22. The molecular formula is C13H19N3OS2. The van der Waals surface area contributed by atoms with E-state index in [1.165, 1.54) is 30.0 Å². The van der Waals surface area contributed by atoms with Crippen molar-refractivity contribution in [3.63, 3.8) is 0 Å². The Balaban J connectivity index is 1.41. The third-order valence-corrected chi connectivity index (χ3v) is 5.69. The second-order valence-electron chi connectivity index (χ2n) is 5.19. The highest BCUT2D eigenvalue weighted by atomic mass is 32.2. The van der Waals surface area contributed by atoms with Gasteiger partial charge in [0.15, 0.2) is 0 Å². The van der Waals surface area contributed by atoms with E-state index < -0.39 is 0 Å². The third-order valence-electron chi connectivity index (χ3n) is 3.42. The molecule has 0 spiro atoms. The van der Waals surface area contributed by atoms with Gasteiger partial charge in [-0.1, -0.05) is 0 Å². The number of aromatic nitrogens is 1. The summed E-state index contributed by atoms with van der Waals surface area (Å²) in [6.07, 6.45) is 4.86. The van der Waals surface area contributed by atoms with Crippen LogP contribution in [-0.4, -0.2) is 28.6 Å². The fourth-order valence-electron chi connectivity index (χ4n) is 2.18. The van der Waals surface area contributed by atoms with Crippen molar-refractivity contribution in [1.82, 2.24) is 15.6 Å². The lowest BCUT2D eigenvalue weighted by molar-refractivity contribution is 0.236. The van der Waals surface area contributed by atoms with Crippen LogP contribution < -0.4 is 10.6 Å². The van der Waals surface area contributed by atoms with Gasteiger partial charge >= 0.3 is 6.03 Å². The summed E-state index contributed by atoms with van der Waals surface area (Å²) in [6, 6.07) is 0.268. The highest BCUT2D eigenvalue weighted by molar-refractivity contribution is 7.99. The van der Waals surface area contributed by atoms with E-state index >= 15 is 0 Å². The van der Waals surface area contributed by atoms with E-state index in [1.807, 2.05) is 11.8 Å². The topological polar surface area (TPSA) is 54.0 Å². The molecule has 4 nitrogen and oxygen atoms in total. The number of thiazole rings is 1. The molecule has 3 rings (SSSR count). The van der Waals surface area contributed by atoms with Crippen molar-refractivity contribution in [2.45, 2.75) is 44.2 Å². The van der Waals surface area contributed by atoms with Gasteiger partial charge in [0.05, 0.1) is 17.2 Å². The zero-order valence-electron chi connectivity index (χ0n) is 10.9. The zero-order chi connectivity index (χ0) is 13.1. The summed E-state index contributed by atoms with van der Waals surface area (Å²) >= 11 is 3.64. The lowest BCUT2D eigenvalue weighted by atomic mass is 10.2. The number of carbonyl (C=O) groups is 1. The Labute approximate surface area is 121 Å². The maximum atomic E-state index is 11.8. The van der Waals surface area contributed by atoms with Gasteiger partial charge in [-0.2, -0.15) is 11.8 Å². The number of amides is 2. The van der Waals surface area contributed by atoms with Crippen molar-refractivity contribution >= 4 is 29.1 Å². The third kappa shape index (κ3) is 3.86. The van der Waals surface area contributed by atoms with Crippen molar-refractivity contribution in [3.8, 4) is 0 Å². The molecule has 0 radical (unpaired) electrons. The minimum atomic E-state index is -0.0616. The van der Waals surface area contributed by atoms with Gasteiger partial charge in [0.1, 0.15) is 0 Å². The first-order valence-electron chi connectivity index (χ1n) is 6.87. The molecule has 2 N–H and O–H groups in total. The average Bonchev–Trinajstić information content (AvgIpc) is 3.17. The summed E-state index contributed by atoms with van der Waals surface area (Å²) in [5.74, 6) is 2.96. The highest BCUT2D eigenvalue weighted by Crippen LogP contribution is 2.41. The van der Waals surface area contributed by atoms with Crippen molar-refractivity contribution < 1.29 is 4.79 Å². The summed E-state index contributed by atoms with van der Waals surface area (Å²) in [5.41, 5.74) is 0.986. The van der Waals surface area contributed by atoms with E-state index in [1.54, 1.807) is 11.3 Å². The highest BCUT2D eigenvalue weighted by Gasteiger charge is 2.26. The molecule has 1 aliphatic heterocycles. The summed E-state index contributed by atoms with van der Waals surface area (Å²) in [7, 11) is 0. The fourth-order valence-corrected chi connectivity index (χ4v) is 4.25. The Kier molecular flexibility index (Phi) is 4.28. The van der Waals surface area contributed by atoms with E-state index in [0.29, 0.717) is 18.5 Å². The SMILES string of the molecule is O=C(NCc1csc(C2CC2)n1)NC1CCCSC1. The number of rotatable bonds is 4. The molecule has 0 aromatic carbocycles. The molecule has 6 heteroatoms. The molecule has 1 aromatic rings. The Hall–Kier alpha value is -0.750. The van der Waals surface area contributed by atoms with Crippen LogP contribution in [0.4, 0.5) is 4.79 Å². The van der Waals surface area contributed by atoms with Crippen LogP contribution in [0.1, 0.15) is 42.3 Å². The fraction of sp³-hybridized carbons (Fsp3) is 0.692. The van der Waals surface area contributed by atoms with Crippen LogP contribution in [0.15, 0.2) is 5.38 Å². The number of carbonyl (C=O) groups excluding carboxylic acids is 1. The zero-order valence-corrected chi connectivity index (χ0v) is 12.5. The molecule has 1 aliphatic carbocycles. The van der Waals surface area contributed by atoms with Gasteiger partial charge < -0.3 is 10.6 Å². The standard InChI is InChI=1S/C13H19N3OS2/c17-13(16-10-2-1-5-18-7-10)14-6-11-8-19-12(15-11)9-3-4-9/h8-10H,1-7H2,(H2,14,16,17). The van der Waals surface area contributed by atoms with Crippen molar-refractivity contribution in [2.75, 3.05) is 11.5 Å². The molecule has 1 saturated heterocycles. The number of nitrogens with one attached hydrogen (secondary N) is 2. The molecule has 0 bridgehead atoms.